The molecule has 0 radical (unpaired) electrons. The van der Waals surface area contributed by atoms with E-state index in [9.17, 15) is 9.59 Å². The SMILES string of the molecule is Cc1nn(CC(C)C)c(C)c1CC(=O)Nc1ccc(CC(=O)O)cc1. The Hall–Kier alpha value is -2.63. The van der Waals surface area contributed by atoms with Gasteiger partial charge in [0.2, 0.25) is 5.91 Å². The fraction of sp³-hybridized carbons (Fsp3) is 0.421. The second-order valence-electron chi connectivity index (χ2n) is 6.72. The van der Waals surface area contributed by atoms with Crippen molar-refractivity contribution in [1.82, 2.24) is 9.78 Å². The molecule has 2 aromatic rings. The lowest BCUT2D eigenvalue weighted by atomic mass is 10.1. The highest BCUT2D eigenvalue weighted by Crippen LogP contribution is 2.17. The quantitative estimate of drug-likeness (QED) is 0.809. The molecule has 0 spiro atoms. The van der Waals surface area contributed by atoms with Crippen LogP contribution in [-0.2, 0) is 29.0 Å². The summed E-state index contributed by atoms with van der Waals surface area (Å²) in [6.45, 7) is 9.02. The molecule has 134 valence electrons. The first-order chi connectivity index (χ1) is 11.8. The van der Waals surface area contributed by atoms with Crippen LogP contribution < -0.4 is 5.32 Å². The second-order valence-corrected chi connectivity index (χ2v) is 6.72. The van der Waals surface area contributed by atoms with E-state index in [1.807, 2.05) is 18.5 Å². The van der Waals surface area contributed by atoms with Gasteiger partial charge in [-0.05, 0) is 37.5 Å². The van der Waals surface area contributed by atoms with Gasteiger partial charge in [-0.2, -0.15) is 5.10 Å². The predicted molar refractivity (Wildman–Crippen MR) is 96.7 cm³/mol. The lowest BCUT2D eigenvalue weighted by molar-refractivity contribution is -0.136. The molecule has 1 aromatic carbocycles. The van der Waals surface area contributed by atoms with Gasteiger partial charge >= 0.3 is 5.97 Å². The van der Waals surface area contributed by atoms with Crippen molar-refractivity contribution in [2.75, 3.05) is 5.32 Å². The van der Waals surface area contributed by atoms with Gasteiger partial charge in [0, 0.05) is 23.5 Å². The number of nitrogens with one attached hydrogen (secondary N) is 1. The summed E-state index contributed by atoms with van der Waals surface area (Å²) >= 11 is 0. The van der Waals surface area contributed by atoms with Crippen molar-refractivity contribution in [2.45, 2.75) is 47.1 Å². The van der Waals surface area contributed by atoms with Crippen LogP contribution in [0.1, 0.15) is 36.4 Å². The third-order valence-electron chi connectivity index (χ3n) is 4.00. The van der Waals surface area contributed by atoms with E-state index < -0.39 is 5.97 Å². The molecule has 1 aromatic heterocycles. The maximum absolute atomic E-state index is 12.3. The Morgan fingerprint density at radius 2 is 1.80 bits per heavy atom. The molecule has 0 saturated carbocycles. The fourth-order valence-electron chi connectivity index (χ4n) is 2.76. The number of hydrogen-bond acceptors (Lipinski definition) is 3. The Kier molecular flexibility index (Phi) is 5.96. The number of aromatic nitrogens is 2. The first-order valence-corrected chi connectivity index (χ1v) is 8.39. The molecule has 0 saturated heterocycles. The van der Waals surface area contributed by atoms with Crippen LogP contribution in [0.4, 0.5) is 5.69 Å². The van der Waals surface area contributed by atoms with E-state index in [1.54, 1.807) is 24.3 Å². The number of hydrogen-bond donors (Lipinski definition) is 2. The number of aliphatic carboxylic acids is 1. The van der Waals surface area contributed by atoms with Crippen molar-refractivity contribution in [3.05, 3.63) is 46.8 Å². The minimum atomic E-state index is -0.874. The van der Waals surface area contributed by atoms with E-state index in [4.69, 9.17) is 5.11 Å². The van der Waals surface area contributed by atoms with Crippen molar-refractivity contribution in [1.29, 1.82) is 0 Å². The lowest BCUT2D eigenvalue weighted by Crippen LogP contribution is -2.15. The molecule has 1 heterocycles. The monoisotopic (exact) mass is 343 g/mol. The number of amides is 1. The maximum atomic E-state index is 12.3. The highest BCUT2D eigenvalue weighted by molar-refractivity contribution is 5.92. The zero-order valence-electron chi connectivity index (χ0n) is 15.2. The average molecular weight is 343 g/mol. The highest BCUT2D eigenvalue weighted by Gasteiger charge is 2.15. The summed E-state index contributed by atoms with van der Waals surface area (Å²) in [7, 11) is 0. The molecular formula is C19H25N3O3. The van der Waals surface area contributed by atoms with Crippen LogP contribution >= 0.6 is 0 Å². The van der Waals surface area contributed by atoms with Gasteiger partial charge in [-0.3, -0.25) is 14.3 Å². The van der Waals surface area contributed by atoms with Crippen LogP contribution in [0, 0.1) is 19.8 Å². The molecular weight excluding hydrogens is 318 g/mol. The zero-order chi connectivity index (χ0) is 18.6. The Morgan fingerprint density at radius 1 is 1.16 bits per heavy atom. The summed E-state index contributed by atoms with van der Waals surface area (Å²) in [5.74, 6) is -0.494. The number of anilines is 1. The molecule has 6 heteroatoms. The summed E-state index contributed by atoms with van der Waals surface area (Å²) in [4.78, 5) is 23.0. The molecule has 6 nitrogen and oxygen atoms in total. The molecule has 0 aliphatic heterocycles. The largest absolute Gasteiger partial charge is 0.481 e. The van der Waals surface area contributed by atoms with E-state index in [2.05, 4.69) is 24.3 Å². The van der Waals surface area contributed by atoms with Crippen molar-refractivity contribution < 1.29 is 14.7 Å². The number of carboxylic acids is 1. The lowest BCUT2D eigenvalue weighted by Gasteiger charge is -2.09. The molecule has 0 atom stereocenters. The van der Waals surface area contributed by atoms with E-state index in [0.717, 1.165) is 23.5 Å². The number of carboxylic acid groups (broad SMARTS) is 1. The van der Waals surface area contributed by atoms with Gasteiger partial charge < -0.3 is 10.4 Å². The first kappa shape index (κ1) is 18.7. The Bertz CT molecular complexity index is 761. The Balaban J connectivity index is 2.03. The topological polar surface area (TPSA) is 84.2 Å². The summed E-state index contributed by atoms with van der Waals surface area (Å²) in [6, 6.07) is 6.86. The highest BCUT2D eigenvalue weighted by atomic mass is 16.4. The van der Waals surface area contributed by atoms with E-state index in [-0.39, 0.29) is 18.7 Å². The molecule has 25 heavy (non-hydrogen) atoms. The number of nitrogens with zero attached hydrogens (tertiary/aromatic N) is 2. The van der Waals surface area contributed by atoms with Gasteiger partial charge in [-0.1, -0.05) is 26.0 Å². The fourth-order valence-corrected chi connectivity index (χ4v) is 2.76. The number of carbonyl (C=O) groups excluding carboxylic acids is 1. The van der Waals surface area contributed by atoms with Crippen molar-refractivity contribution in [2.24, 2.45) is 5.92 Å². The molecule has 0 aliphatic carbocycles. The van der Waals surface area contributed by atoms with E-state index >= 15 is 0 Å². The van der Waals surface area contributed by atoms with Gasteiger partial charge in [0.25, 0.3) is 0 Å². The first-order valence-electron chi connectivity index (χ1n) is 8.39. The number of benzene rings is 1. The summed E-state index contributed by atoms with van der Waals surface area (Å²) in [5, 5.41) is 16.2. The Morgan fingerprint density at radius 3 is 2.36 bits per heavy atom. The summed E-state index contributed by atoms with van der Waals surface area (Å²) in [6.07, 6.45) is 0.244. The van der Waals surface area contributed by atoms with Crippen LogP contribution in [0.3, 0.4) is 0 Å². The van der Waals surface area contributed by atoms with Gasteiger partial charge in [0.05, 0.1) is 18.5 Å². The van der Waals surface area contributed by atoms with Crippen LogP contribution in [0.25, 0.3) is 0 Å². The maximum Gasteiger partial charge on any atom is 0.307 e. The smallest absolute Gasteiger partial charge is 0.307 e. The normalized spacial score (nSPS) is 10.9. The summed E-state index contributed by atoms with van der Waals surface area (Å²) in [5.41, 5.74) is 4.22. The predicted octanol–water partition coefficient (Wildman–Crippen LogP) is 2.96. The molecule has 1 amide bonds. The van der Waals surface area contributed by atoms with E-state index in [1.165, 1.54) is 0 Å². The number of carbonyl (C=O) groups is 2. The molecule has 2 rings (SSSR count). The molecule has 0 unspecified atom stereocenters. The van der Waals surface area contributed by atoms with Crippen molar-refractivity contribution >= 4 is 17.6 Å². The average Bonchev–Trinajstić information content (AvgIpc) is 2.75. The third-order valence-corrected chi connectivity index (χ3v) is 4.00. The van der Waals surface area contributed by atoms with Crippen LogP contribution in [-0.4, -0.2) is 26.8 Å². The minimum Gasteiger partial charge on any atom is -0.481 e. The number of rotatable bonds is 7. The van der Waals surface area contributed by atoms with E-state index in [0.29, 0.717) is 17.2 Å². The standard InChI is InChI=1S/C19H25N3O3/c1-12(2)11-22-14(4)17(13(3)21-22)10-18(23)20-16-7-5-15(6-8-16)9-19(24)25/h5-8,12H,9-11H2,1-4H3,(H,20,23)(H,24,25). The summed E-state index contributed by atoms with van der Waals surface area (Å²) < 4.78 is 1.96. The van der Waals surface area contributed by atoms with Crippen LogP contribution in [0.2, 0.25) is 0 Å². The molecule has 0 fully saturated rings. The molecule has 0 bridgehead atoms. The van der Waals surface area contributed by atoms with Crippen LogP contribution in [0.15, 0.2) is 24.3 Å². The van der Waals surface area contributed by atoms with Gasteiger partial charge in [-0.15, -0.1) is 0 Å². The van der Waals surface area contributed by atoms with Gasteiger partial charge in [0.1, 0.15) is 0 Å². The van der Waals surface area contributed by atoms with Gasteiger partial charge in [0.15, 0.2) is 0 Å². The second kappa shape index (κ2) is 7.96. The Labute approximate surface area is 147 Å². The van der Waals surface area contributed by atoms with Gasteiger partial charge in [-0.25, -0.2) is 0 Å². The zero-order valence-corrected chi connectivity index (χ0v) is 15.2. The van der Waals surface area contributed by atoms with Crippen molar-refractivity contribution in [3.63, 3.8) is 0 Å². The minimum absolute atomic E-state index is 0.0261. The van der Waals surface area contributed by atoms with Crippen LogP contribution in [0.5, 0.6) is 0 Å². The molecule has 0 aliphatic rings. The van der Waals surface area contributed by atoms with Crippen molar-refractivity contribution in [3.8, 4) is 0 Å². The molecule has 2 N–H and O–H groups in total. The number of aryl methyl sites for hydroxylation is 1. The third kappa shape index (κ3) is 5.17.